The molecular formula is C34H36N4O3. The fourth-order valence-corrected chi connectivity index (χ4v) is 6.39. The standard InChI is InChI=1S/C34H36N4O3/c1-34(2)31(38(41)32(39)35-29-20-10-16-25-14-6-8-18-27(25)29)37(30-21-11-17-26-15-7-9-19-28(26)30)33(40)36(34)23-22-24-12-4-3-5-13-24/h6-12,14-21,31,41H,3-5,13,22-23H2,1-2H3,(H,35,39). The summed E-state index contributed by atoms with van der Waals surface area (Å²) in [4.78, 5) is 31.4. The summed E-state index contributed by atoms with van der Waals surface area (Å²) in [5.41, 5.74) is 1.72. The third kappa shape index (κ3) is 4.91. The quantitative estimate of drug-likeness (QED) is 0.145. The number of carbonyl (C=O) groups is 2. The fraction of sp³-hybridized carbons (Fsp3) is 0.294. The highest BCUT2D eigenvalue weighted by Crippen LogP contribution is 2.41. The minimum Gasteiger partial charge on any atom is -0.315 e. The maximum Gasteiger partial charge on any atom is 0.347 e. The number of allylic oxidation sites excluding steroid dienone is 1. The van der Waals surface area contributed by atoms with Gasteiger partial charge in [-0.25, -0.2) is 9.59 Å². The van der Waals surface area contributed by atoms with Gasteiger partial charge in [-0.3, -0.25) is 10.1 Å². The second-order valence-corrected chi connectivity index (χ2v) is 11.5. The Bertz CT molecular complexity index is 1640. The number of rotatable bonds is 6. The first-order valence-electron chi connectivity index (χ1n) is 14.4. The van der Waals surface area contributed by atoms with Crippen LogP contribution in [0.1, 0.15) is 46.0 Å². The van der Waals surface area contributed by atoms with Crippen LogP contribution < -0.4 is 10.2 Å². The van der Waals surface area contributed by atoms with E-state index in [2.05, 4.69) is 11.4 Å². The molecule has 0 saturated carbocycles. The zero-order valence-electron chi connectivity index (χ0n) is 23.6. The molecule has 7 nitrogen and oxygen atoms in total. The third-order valence-electron chi connectivity index (χ3n) is 8.55. The van der Waals surface area contributed by atoms with Gasteiger partial charge >= 0.3 is 12.1 Å². The molecule has 1 saturated heterocycles. The summed E-state index contributed by atoms with van der Waals surface area (Å²) in [6, 6.07) is 26.1. The van der Waals surface area contributed by atoms with Crippen LogP contribution in [-0.2, 0) is 0 Å². The topological polar surface area (TPSA) is 76.1 Å². The average Bonchev–Trinajstić information content (AvgIpc) is 3.19. The van der Waals surface area contributed by atoms with E-state index in [1.54, 1.807) is 4.90 Å². The van der Waals surface area contributed by atoms with Crippen molar-refractivity contribution < 1.29 is 14.8 Å². The van der Waals surface area contributed by atoms with E-state index in [1.165, 1.54) is 18.4 Å². The normalized spacial score (nSPS) is 18.6. The highest BCUT2D eigenvalue weighted by Gasteiger charge is 2.56. The van der Waals surface area contributed by atoms with Crippen molar-refractivity contribution in [3.8, 4) is 0 Å². The van der Waals surface area contributed by atoms with Gasteiger partial charge in [-0.2, -0.15) is 5.06 Å². The first kappa shape index (κ1) is 26.8. The number of urea groups is 2. The minimum atomic E-state index is -0.976. The van der Waals surface area contributed by atoms with Crippen molar-refractivity contribution in [2.24, 2.45) is 0 Å². The number of amides is 4. The number of nitrogens with one attached hydrogen (secondary N) is 1. The Kier molecular flexibility index (Phi) is 7.14. The van der Waals surface area contributed by atoms with Gasteiger partial charge < -0.3 is 10.2 Å². The maximum absolute atomic E-state index is 14.3. The lowest BCUT2D eigenvalue weighted by Crippen LogP contribution is -2.58. The SMILES string of the molecule is CC1(C)C(N(O)C(=O)Nc2cccc3ccccc23)N(c2cccc3ccccc23)C(=O)N1CCC1=CCCCC1. The van der Waals surface area contributed by atoms with E-state index in [-0.39, 0.29) is 6.03 Å². The number of fused-ring (bicyclic) bond motifs is 2. The molecular weight excluding hydrogens is 512 g/mol. The van der Waals surface area contributed by atoms with Gasteiger partial charge in [0.15, 0.2) is 6.17 Å². The summed E-state index contributed by atoms with van der Waals surface area (Å²) in [5.74, 6) is 0. The van der Waals surface area contributed by atoms with E-state index in [0.29, 0.717) is 23.0 Å². The summed E-state index contributed by atoms with van der Waals surface area (Å²) >= 11 is 0. The Labute approximate surface area is 240 Å². The van der Waals surface area contributed by atoms with Crippen LogP contribution in [0.15, 0.2) is 96.6 Å². The Morgan fingerprint density at radius 3 is 2.32 bits per heavy atom. The molecule has 1 heterocycles. The molecule has 4 aromatic rings. The van der Waals surface area contributed by atoms with E-state index in [0.717, 1.165) is 40.8 Å². The second-order valence-electron chi connectivity index (χ2n) is 11.5. The number of benzene rings is 4. The number of hydrogen-bond acceptors (Lipinski definition) is 3. The van der Waals surface area contributed by atoms with Crippen LogP contribution in [0, 0.1) is 0 Å². The lowest BCUT2D eigenvalue weighted by Gasteiger charge is -2.38. The predicted octanol–water partition coefficient (Wildman–Crippen LogP) is 8.15. The monoisotopic (exact) mass is 548 g/mol. The van der Waals surface area contributed by atoms with Crippen molar-refractivity contribution in [3.05, 3.63) is 96.6 Å². The zero-order chi connectivity index (χ0) is 28.6. The summed E-state index contributed by atoms with van der Waals surface area (Å²) in [7, 11) is 0. The van der Waals surface area contributed by atoms with Crippen molar-refractivity contribution in [3.63, 3.8) is 0 Å². The molecule has 1 unspecified atom stereocenters. The smallest absolute Gasteiger partial charge is 0.315 e. The minimum absolute atomic E-state index is 0.232. The van der Waals surface area contributed by atoms with Crippen LogP contribution in [0.4, 0.5) is 21.0 Å². The molecule has 1 aliphatic heterocycles. The summed E-state index contributed by atoms with van der Waals surface area (Å²) in [6.45, 7) is 4.35. The van der Waals surface area contributed by atoms with E-state index in [4.69, 9.17) is 0 Å². The van der Waals surface area contributed by atoms with Crippen molar-refractivity contribution in [1.29, 1.82) is 0 Å². The van der Waals surface area contributed by atoms with Crippen LogP contribution in [0.25, 0.3) is 21.5 Å². The number of anilines is 2. The molecule has 0 spiro atoms. The Hall–Kier alpha value is -4.36. The van der Waals surface area contributed by atoms with Crippen LogP contribution in [-0.4, -0.2) is 45.5 Å². The van der Waals surface area contributed by atoms with Gasteiger partial charge in [0.2, 0.25) is 0 Å². The van der Waals surface area contributed by atoms with Gasteiger partial charge in [-0.15, -0.1) is 0 Å². The van der Waals surface area contributed by atoms with Gasteiger partial charge in [0.1, 0.15) is 0 Å². The molecule has 2 aliphatic rings. The Morgan fingerprint density at radius 1 is 0.927 bits per heavy atom. The number of carbonyl (C=O) groups excluding carboxylic acids is 2. The average molecular weight is 549 g/mol. The van der Waals surface area contributed by atoms with Gasteiger partial charge in [-0.05, 0) is 68.9 Å². The number of nitrogens with zero attached hydrogens (tertiary/aromatic N) is 3. The molecule has 0 radical (unpaired) electrons. The molecule has 2 N–H and O–H groups in total. The molecule has 6 rings (SSSR count). The molecule has 1 atom stereocenters. The molecule has 1 fully saturated rings. The molecule has 4 aromatic carbocycles. The van der Waals surface area contributed by atoms with E-state index < -0.39 is 17.7 Å². The molecule has 1 aliphatic carbocycles. The first-order valence-corrected chi connectivity index (χ1v) is 14.4. The lowest BCUT2D eigenvalue weighted by atomic mass is 9.95. The lowest BCUT2D eigenvalue weighted by molar-refractivity contribution is -0.0947. The van der Waals surface area contributed by atoms with Crippen molar-refractivity contribution in [1.82, 2.24) is 9.96 Å². The Balaban J connectivity index is 1.38. The highest BCUT2D eigenvalue weighted by atomic mass is 16.5. The molecule has 41 heavy (non-hydrogen) atoms. The molecule has 0 aromatic heterocycles. The van der Waals surface area contributed by atoms with Crippen molar-refractivity contribution in [2.75, 3.05) is 16.8 Å². The number of hydroxylamine groups is 2. The Morgan fingerprint density at radius 2 is 1.59 bits per heavy atom. The van der Waals surface area contributed by atoms with E-state index in [9.17, 15) is 14.8 Å². The first-order chi connectivity index (χ1) is 19.9. The van der Waals surface area contributed by atoms with Crippen LogP contribution >= 0.6 is 0 Å². The molecule has 4 amide bonds. The van der Waals surface area contributed by atoms with Crippen LogP contribution in [0.3, 0.4) is 0 Å². The molecule has 7 heteroatoms. The predicted molar refractivity (Wildman–Crippen MR) is 164 cm³/mol. The second kappa shape index (κ2) is 10.9. The van der Waals surface area contributed by atoms with Crippen molar-refractivity contribution >= 4 is 45.0 Å². The fourth-order valence-electron chi connectivity index (χ4n) is 6.39. The van der Waals surface area contributed by atoms with E-state index >= 15 is 0 Å². The van der Waals surface area contributed by atoms with Gasteiger partial charge in [0, 0.05) is 17.3 Å². The summed E-state index contributed by atoms with van der Waals surface area (Å²) in [5, 5.41) is 18.9. The van der Waals surface area contributed by atoms with E-state index in [1.807, 2.05) is 104 Å². The summed E-state index contributed by atoms with van der Waals surface area (Å²) < 4.78 is 0. The zero-order valence-corrected chi connectivity index (χ0v) is 23.6. The highest BCUT2D eigenvalue weighted by molar-refractivity contribution is 6.06. The van der Waals surface area contributed by atoms with Crippen LogP contribution in [0.2, 0.25) is 0 Å². The third-order valence-corrected chi connectivity index (χ3v) is 8.55. The van der Waals surface area contributed by atoms with Gasteiger partial charge in [0.05, 0.1) is 16.9 Å². The molecule has 0 bridgehead atoms. The van der Waals surface area contributed by atoms with Gasteiger partial charge in [0.25, 0.3) is 0 Å². The maximum atomic E-state index is 14.3. The molecule has 210 valence electrons. The number of hydrogen-bond donors (Lipinski definition) is 2. The summed E-state index contributed by atoms with van der Waals surface area (Å²) in [6.07, 6.45) is 6.61. The van der Waals surface area contributed by atoms with Crippen molar-refractivity contribution in [2.45, 2.75) is 57.7 Å². The van der Waals surface area contributed by atoms with Gasteiger partial charge in [-0.1, -0.05) is 84.4 Å². The van der Waals surface area contributed by atoms with Crippen LogP contribution in [0.5, 0.6) is 0 Å². The largest absolute Gasteiger partial charge is 0.347 e.